The van der Waals surface area contributed by atoms with E-state index in [-0.39, 0.29) is 0 Å². The van der Waals surface area contributed by atoms with E-state index in [1.807, 2.05) is 0 Å². The number of benzene rings is 1. The van der Waals surface area contributed by atoms with E-state index in [9.17, 15) is 0 Å². The van der Waals surface area contributed by atoms with Crippen LogP contribution >= 0.6 is 0 Å². The molecule has 0 amide bonds. The van der Waals surface area contributed by atoms with Crippen LogP contribution in [0.5, 0.6) is 0 Å². The van der Waals surface area contributed by atoms with Crippen LogP contribution in [0.15, 0.2) is 42.5 Å². The van der Waals surface area contributed by atoms with Crippen LogP contribution in [-0.4, -0.2) is 0 Å². The fourth-order valence-corrected chi connectivity index (χ4v) is 5.20. The molecule has 0 heterocycles. The van der Waals surface area contributed by atoms with E-state index in [4.69, 9.17) is 0 Å². The quantitative estimate of drug-likeness (QED) is 0.619. The first kappa shape index (κ1) is 9.04. The zero-order valence-corrected chi connectivity index (χ0v) is 9.98. The molecular formula is C16H18. The summed E-state index contributed by atoms with van der Waals surface area (Å²) in [7, 11) is 0. The molecule has 1 aromatic rings. The molecule has 1 aromatic carbocycles. The molecule has 0 N–H and O–H groups in total. The Labute approximate surface area is 97.4 Å². The van der Waals surface area contributed by atoms with E-state index in [1.165, 1.54) is 6.42 Å². The van der Waals surface area contributed by atoms with E-state index in [1.54, 1.807) is 5.56 Å². The molecule has 4 atom stereocenters. The SMILES string of the molecule is CC1(C)[C@H]2[C@H]3C=CC[C@H]3[C@]21c1ccccc1. The maximum absolute atomic E-state index is 2.48. The van der Waals surface area contributed by atoms with Crippen LogP contribution < -0.4 is 0 Å². The van der Waals surface area contributed by atoms with Crippen molar-refractivity contribution in [1.82, 2.24) is 0 Å². The maximum Gasteiger partial charge on any atom is 0.00835 e. The Kier molecular flexibility index (Phi) is 1.38. The van der Waals surface area contributed by atoms with Crippen molar-refractivity contribution in [2.45, 2.75) is 25.7 Å². The number of allylic oxidation sites excluding steroid dienone is 2. The first-order valence-corrected chi connectivity index (χ1v) is 6.43. The fourth-order valence-electron chi connectivity index (χ4n) is 5.20. The van der Waals surface area contributed by atoms with Crippen molar-refractivity contribution in [3.8, 4) is 0 Å². The van der Waals surface area contributed by atoms with Gasteiger partial charge in [0.25, 0.3) is 0 Å². The Morgan fingerprint density at radius 2 is 1.88 bits per heavy atom. The van der Waals surface area contributed by atoms with Crippen molar-refractivity contribution in [2.75, 3.05) is 0 Å². The molecule has 0 aromatic heterocycles. The summed E-state index contributed by atoms with van der Waals surface area (Å²) in [6.07, 6.45) is 6.19. The minimum absolute atomic E-state index is 0.516. The van der Waals surface area contributed by atoms with E-state index in [0.717, 1.165) is 17.8 Å². The van der Waals surface area contributed by atoms with Gasteiger partial charge in [0, 0.05) is 5.41 Å². The summed E-state index contributed by atoms with van der Waals surface area (Å²) in [4.78, 5) is 0. The monoisotopic (exact) mass is 210 g/mol. The second-order valence-electron chi connectivity index (χ2n) is 6.28. The van der Waals surface area contributed by atoms with Gasteiger partial charge in [-0.1, -0.05) is 56.3 Å². The maximum atomic E-state index is 2.48. The standard InChI is InChI=1S/C16H18/c1-15(2)14-12-9-6-10-13(12)16(14,15)11-7-4-3-5-8-11/h3-9,12-14H,10H2,1-2H3/t12-,13+,14+,16+/m0/s1. The first-order chi connectivity index (χ1) is 7.70. The summed E-state index contributed by atoms with van der Waals surface area (Å²) >= 11 is 0. The van der Waals surface area contributed by atoms with Crippen LogP contribution in [0.25, 0.3) is 0 Å². The van der Waals surface area contributed by atoms with Crippen LogP contribution in [0, 0.1) is 23.2 Å². The van der Waals surface area contributed by atoms with Gasteiger partial charge < -0.3 is 0 Å². The van der Waals surface area contributed by atoms with Crippen molar-refractivity contribution in [2.24, 2.45) is 23.2 Å². The highest BCUT2D eigenvalue weighted by atomic mass is 14.9. The highest BCUT2D eigenvalue weighted by Gasteiger charge is 2.84. The second-order valence-corrected chi connectivity index (χ2v) is 6.28. The predicted molar refractivity (Wildman–Crippen MR) is 66.1 cm³/mol. The molecule has 2 fully saturated rings. The van der Waals surface area contributed by atoms with Gasteiger partial charge in [-0.2, -0.15) is 0 Å². The average Bonchev–Trinajstić information content (AvgIpc) is 2.55. The lowest BCUT2D eigenvalue weighted by molar-refractivity contribution is 0.179. The molecule has 82 valence electrons. The minimum atomic E-state index is 0.516. The molecule has 16 heavy (non-hydrogen) atoms. The second kappa shape index (κ2) is 2.45. The van der Waals surface area contributed by atoms with Crippen LogP contribution in [-0.2, 0) is 5.41 Å². The summed E-state index contributed by atoms with van der Waals surface area (Å²) < 4.78 is 0. The van der Waals surface area contributed by atoms with Crippen LogP contribution in [0.2, 0.25) is 0 Å². The third-order valence-corrected chi connectivity index (χ3v) is 5.69. The molecule has 0 aliphatic heterocycles. The third kappa shape index (κ3) is 0.687. The highest BCUT2D eigenvalue weighted by Crippen LogP contribution is 2.86. The van der Waals surface area contributed by atoms with Crippen LogP contribution in [0.1, 0.15) is 25.8 Å². The number of fused-ring (bicyclic) bond motifs is 4. The summed E-state index contributed by atoms with van der Waals surface area (Å²) in [5.41, 5.74) is 2.63. The Bertz CT molecular complexity index is 468. The van der Waals surface area contributed by atoms with Gasteiger partial charge in [0.1, 0.15) is 0 Å². The first-order valence-electron chi connectivity index (χ1n) is 6.43. The number of rotatable bonds is 1. The van der Waals surface area contributed by atoms with Gasteiger partial charge in [0.2, 0.25) is 0 Å². The Morgan fingerprint density at radius 3 is 2.62 bits per heavy atom. The minimum Gasteiger partial charge on any atom is -0.0879 e. The van der Waals surface area contributed by atoms with E-state index < -0.39 is 0 Å². The predicted octanol–water partition coefficient (Wildman–Crippen LogP) is 3.79. The molecule has 0 unspecified atom stereocenters. The van der Waals surface area contributed by atoms with Crippen LogP contribution in [0.4, 0.5) is 0 Å². The van der Waals surface area contributed by atoms with Gasteiger partial charge in [-0.25, -0.2) is 0 Å². The molecule has 3 aliphatic carbocycles. The van der Waals surface area contributed by atoms with Crippen molar-refractivity contribution in [3.05, 3.63) is 48.0 Å². The zero-order chi connectivity index (χ0) is 11.0. The molecule has 0 spiro atoms. The lowest BCUT2D eigenvalue weighted by Crippen LogP contribution is -2.39. The number of hydrogen-bond acceptors (Lipinski definition) is 0. The average molecular weight is 210 g/mol. The lowest BCUT2D eigenvalue weighted by atomic mass is 9.62. The molecular weight excluding hydrogens is 192 g/mol. The smallest absolute Gasteiger partial charge is 0.00835 e. The van der Waals surface area contributed by atoms with Crippen molar-refractivity contribution in [1.29, 1.82) is 0 Å². The van der Waals surface area contributed by atoms with E-state index in [0.29, 0.717) is 10.8 Å². The molecule has 0 bridgehead atoms. The van der Waals surface area contributed by atoms with Gasteiger partial charge in [-0.15, -0.1) is 0 Å². The summed E-state index contributed by atoms with van der Waals surface area (Å²) in [5.74, 6) is 2.69. The normalized spacial score (nSPS) is 45.8. The Hall–Kier alpha value is -1.04. The largest absolute Gasteiger partial charge is 0.0879 e. The summed E-state index contributed by atoms with van der Waals surface area (Å²) in [5, 5.41) is 0. The molecule has 0 heteroatoms. The van der Waals surface area contributed by atoms with Gasteiger partial charge >= 0.3 is 0 Å². The molecule has 0 saturated heterocycles. The molecule has 2 saturated carbocycles. The molecule has 0 nitrogen and oxygen atoms in total. The lowest BCUT2D eigenvalue weighted by Gasteiger charge is -2.40. The molecule has 3 aliphatic rings. The van der Waals surface area contributed by atoms with Crippen molar-refractivity contribution in [3.63, 3.8) is 0 Å². The number of hydrogen-bond donors (Lipinski definition) is 0. The Balaban J connectivity index is 1.84. The van der Waals surface area contributed by atoms with E-state index in [2.05, 4.69) is 56.3 Å². The fraction of sp³-hybridized carbons (Fsp3) is 0.500. The van der Waals surface area contributed by atoms with Crippen molar-refractivity contribution >= 4 is 0 Å². The topological polar surface area (TPSA) is 0 Å². The summed E-state index contributed by atoms with van der Waals surface area (Å²) in [6, 6.07) is 11.2. The van der Waals surface area contributed by atoms with Crippen LogP contribution in [0.3, 0.4) is 0 Å². The van der Waals surface area contributed by atoms with Gasteiger partial charge in [0.05, 0.1) is 0 Å². The van der Waals surface area contributed by atoms with Gasteiger partial charge in [-0.3, -0.25) is 0 Å². The van der Waals surface area contributed by atoms with Crippen molar-refractivity contribution < 1.29 is 0 Å². The molecule has 0 radical (unpaired) electrons. The van der Waals surface area contributed by atoms with Gasteiger partial charge in [0.15, 0.2) is 0 Å². The van der Waals surface area contributed by atoms with E-state index >= 15 is 0 Å². The zero-order valence-electron chi connectivity index (χ0n) is 9.98. The third-order valence-electron chi connectivity index (χ3n) is 5.69. The summed E-state index contributed by atoms with van der Waals surface area (Å²) in [6.45, 7) is 4.94. The van der Waals surface area contributed by atoms with Gasteiger partial charge in [-0.05, 0) is 35.2 Å². The molecule has 4 rings (SSSR count). The Morgan fingerprint density at radius 1 is 1.12 bits per heavy atom. The highest BCUT2D eigenvalue weighted by molar-refractivity contribution is 5.51.